The van der Waals surface area contributed by atoms with Gasteiger partial charge in [0, 0.05) is 11.4 Å². The second-order valence-corrected chi connectivity index (χ2v) is 9.98. The van der Waals surface area contributed by atoms with Crippen LogP contribution in [0, 0.1) is 11.3 Å². The molecular formula is C25H26F3N3O4S. The lowest BCUT2D eigenvalue weighted by Gasteiger charge is -2.33. The molecule has 2 aliphatic heterocycles. The monoisotopic (exact) mass is 521 g/mol. The molecule has 4 rings (SSSR count). The number of rotatable bonds is 5. The SMILES string of the molecule is CC1(C)OCC(COc2ccc(N3C(=S)N(c4ccc(C#N)c(C(F)(F)F)c4)C(O)C3(C)C)cc2)O1. The van der Waals surface area contributed by atoms with Crippen molar-refractivity contribution in [1.29, 1.82) is 5.26 Å². The Morgan fingerprint density at radius 3 is 2.33 bits per heavy atom. The van der Waals surface area contributed by atoms with E-state index in [0.29, 0.717) is 24.7 Å². The van der Waals surface area contributed by atoms with E-state index in [1.165, 1.54) is 11.0 Å². The normalized spacial score (nSPS) is 23.1. The summed E-state index contributed by atoms with van der Waals surface area (Å²) in [7, 11) is 0. The Bertz CT molecular complexity index is 1190. The first-order chi connectivity index (χ1) is 16.7. The van der Waals surface area contributed by atoms with Gasteiger partial charge in [0.05, 0.1) is 29.3 Å². The van der Waals surface area contributed by atoms with Gasteiger partial charge >= 0.3 is 6.18 Å². The number of hydrogen-bond acceptors (Lipinski definition) is 6. The van der Waals surface area contributed by atoms with Crippen molar-refractivity contribution in [3.63, 3.8) is 0 Å². The number of thiocarbonyl (C=S) groups is 1. The molecule has 2 aromatic carbocycles. The second kappa shape index (κ2) is 9.19. The molecular weight excluding hydrogens is 495 g/mol. The number of nitriles is 1. The fourth-order valence-electron chi connectivity index (χ4n) is 4.32. The third-order valence-electron chi connectivity index (χ3n) is 6.16. The van der Waals surface area contributed by atoms with E-state index in [1.54, 1.807) is 49.1 Å². The number of aliphatic hydroxyl groups excluding tert-OH is 1. The van der Waals surface area contributed by atoms with E-state index in [-0.39, 0.29) is 16.9 Å². The number of hydrogen-bond donors (Lipinski definition) is 1. The summed E-state index contributed by atoms with van der Waals surface area (Å²) in [5, 5.41) is 20.3. The van der Waals surface area contributed by atoms with E-state index >= 15 is 0 Å². The van der Waals surface area contributed by atoms with Crippen LogP contribution in [-0.4, -0.2) is 47.1 Å². The van der Waals surface area contributed by atoms with Gasteiger partial charge in [-0.3, -0.25) is 4.90 Å². The number of halogens is 3. The van der Waals surface area contributed by atoms with Crippen LogP contribution in [0.1, 0.15) is 38.8 Å². The van der Waals surface area contributed by atoms with E-state index in [1.807, 2.05) is 13.8 Å². The molecule has 1 N–H and O–H groups in total. The summed E-state index contributed by atoms with van der Waals surface area (Å²) in [4.78, 5) is 2.94. The average molecular weight is 522 g/mol. The Labute approximate surface area is 212 Å². The van der Waals surface area contributed by atoms with Gasteiger partial charge in [0.2, 0.25) is 0 Å². The quantitative estimate of drug-likeness (QED) is 0.562. The summed E-state index contributed by atoms with van der Waals surface area (Å²) < 4.78 is 57.6. The van der Waals surface area contributed by atoms with Gasteiger partial charge in [0.1, 0.15) is 18.5 Å². The molecule has 2 heterocycles. The standard InChI is InChI=1S/C25H26F3N3O4S/c1-23(2)21(32)30(17-6-5-15(12-29)20(11-17)25(26,27)28)22(36)31(23)16-7-9-18(10-8-16)33-13-19-14-34-24(3,4)35-19/h5-11,19,21,32H,13-14H2,1-4H3. The molecule has 2 atom stereocenters. The molecule has 2 aromatic rings. The summed E-state index contributed by atoms with van der Waals surface area (Å²) in [5.41, 5.74) is -1.90. The Morgan fingerprint density at radius 2 is 1.78 bits per heavy atom. The minimum atomic E-state index is -4.73. The Morgan fingerprint density at radius 1 is 1.14 bits per heavy atom. The van der Waals surface area contributed by atoms with Gasteiger partial charge in [-0.25, -0.2) is 0 Å². The van der Waals surface area contributed by atoms with Crippen molar-refractivity contribution in [2.45, 2.75) is 57.5 Å². The first-order valence-electron chi connectivity index (χ1n) is 11.2. The van der Waals surface area contributed by atoms with Crippen LogP contribution in [0.4, 0.5) is 24.5 Å². The third-order valence-corrected chi connectivity index (χ3v) is 6.53. The molecule has 0 bridgehead atoms. The molecule has 2 unspecified atom stereocenters. The summed E-state index contributed by atoms with van der Waals surface area (Å²) in [6, 6.07) is 11.8. The van der Waals surface area contributed by atoms with E-state index in [2.05, 4.69) is 0 Å². The van der Waals surface area contributed by atoms with Crippen molar-refractivity contribution in [1.82, 2.24) is 0 Å². The lowest BCUT2D eigenvalue weighted by Crippen LogP contribution is -2.47. The van der Waals surface area contributed by atoms with Crippen LogP contribution in [0.15, 0.2) is 42.5 Å². The minimum Gasteiger partial charge on any atom is -0.491 e. The molecule has 7 nitrogen and oxygen atoms in total. The molecule has 0 amide bonds. The van der Waals surface area contributed by atoms with Crippen molar-refractivity contribution >= 4 is 28.7 Å². The fraction of sp³-hybridized carbons (Fsp3) is 0.440. The minimum absolute atomic E-state index is 0.0380. The van der Waals surface area contributed by atoms with E-state index < -0.39 is 34.9 Å². The van der Waals surface area contributed by atoms with Gasteiger partial charge < -0.3 is 24.2 Å². The molecule has 36 heavy (non-hydrogen) atoms. The highest BCUT2D eigenvalue weighted by molar-refractivity contribution is 7.80. The van der Waals surface area contributed by atoms with Gasteiger partial charge in [-0.1, -0.05) is 0 Å². The Balaban J connectivity index is 1.56. The second-order valence-electron chi connectivity index (χ2n) is 9.61. The van der Waals surface area contributed by atoms with Crippen LogP contribution in [0.5, 0.6) is 5.75 Å². The van der Waals surface area contributed by atoms with E-state index in [0.717, 1.165) is 12.1 Å². The predicted octanol–water partition coefficient (Wildman–Crippen LogP) is 4.82. The predicted molar refractivity (Wildman–Crippen MR) is 131 cm³/mol. The van der Waals surface area contributed by atoms with Gasteiger partial charge in [-0.05, 0) is 82.4 Å². The molecule has 0 aliphatic carbocycles. The zero-order chi connectivity index (χ0) is 26.5. The van der Waals surface area contributed by atoms with Gasteiger partial charge in [0.25, 0.3) is 0 Å². The summed E-state index contributed by atoms with van der Waals surface area (Å²) in [5.74, 6) is -0.0495. The van der Waals surface area contributed by atoms with Gasteiger partial charge in [-0.15, -0.1) is 0 Å². The third kappa shape index (κ3) is 4.86. The summed E-state index contributed by atoms with van der Waals surface area (Å²) in [6.45, 7) is 7.89. The lowest BCUT2D eigenvalue weighted by molar-refractivity contribution is -0.141. The fourth-order valence-corrected chi connectivity index (χ4v) is 4.87. The van der Waals surface area contributed by atoms with E-state index in [4.69, 9.17) is 31.7 Å². The van der Waals surface area contributed by atoms with Crippen molar-refractivity contribution in [3.05, 3.63) is 53.6 Å². The van der Waals surface area contributed by atoms with Crippen LogP contribution in [-0.2, 0) is 15.7 Å². The van der Waals surface area contributed by atoms with Crippen molar-refractivity contribution in [2.75, 3.05) is 23.0 Å². The molecule has 192 valence electrons. The maximum atomic E-state index is 13.5. The molecule has 2 saturated heterocycles. The zero-order valence-electron chi connectivity index (χ0n) is 20.2. The first-order valence-corrected chi connectivity index (χ1v) is 11.6. The molecule has 0 saturated carbocycles. The van der Waals surface area contributed by atoms with Crippen molar-refractivity contribution in [2.24, 2.45) is 0 Å². The summed E-state index contributed by atoms with van der Waals surface area (Å²) >= 11 is 5.61. The molecule has 2 fully saturated rings. The molecule has 0 radical (unpaired) electrons. The Kier molecular flexibility index (Phi) is 6.68. The van der Waals surface area contributed by atoms with Gasteiger partial charge in [0.15, 0.2) is 17.1 Å². The Hall–Kier alpha value is -2.91. The van der Waals surface area contributed by atoms with Crippen LogP contribution in [0.3, 0.4) is 0 Å². The first kappa shape index (κ1) is 26.2. The van der Waals surface area contributed by atoms with Crippen molar-refractivity contribution in [3.8, 4) is 11.8 Å². The summed E-state index contributed by atoms with van der Waals surface area (Å²) in [6.07, 6.45) is -6.18. The van der Waals surface area contributed by atoms with Crippen LogP contribution < -0.4 is 14.5 Å². The highest BCUT2D eigenvalue weighted by atomic mass is 32.1. The highest BCUT2D eigenvalue weighted by Gasteiger charge is 2.50. The largest absolute Gasteiger partial charge is 0.491 e. The van der Waals surface area contributed by atoms with Crippen LogP contribution in [0.2, 0.25) is 0 Å². The number of benzene rings is 2. The molecule has 11 heteroatoms. The number of ether oxygens (including phenoxy) is 3. The maximum absolute atomic E-state index is 13.5. The highest BCUT2D eigenvalue weighted by Crippen LogP contribution is 2.41. The topological polar surface area (TPSA) is 78.2 Å². The smallest absolute Gasteiger partial charge is 0.417 e. The van der Waals surface area contributed by atoms with Crippen LogP contribution in [0.25, 0.3) is 0 Å². The lowest BCUT2D eigenvalue weighted by atomic mass is 10.0. The number of anilines is 2. The average Bonchev–Trinajstić information content (AvgIpc) is 3.24. The molecule has 2 aliphatic rings. The van der Waals surface area contributed by atoms with E-state index in [9.17, 15) is 18.3 Å². The van der Waals surface area contributed by atoms with Crippen molar-refractivity contribution < 1.29 is 32.5 Å². The number of aliphatic hydroxyl groups is 1. The van der Waals surface area contributed by atoms with Crippen LogP contribution >= 0.6 is 12.2 Å². The molecule has 0 spiro atoms. The number of alkyl halides is 3. The number of nitrogens with zero attached hydrogens (tertiary/aromatic N) is 3. The molecule has 0 aromatic heterocycles. The van der Waals surface area contributed by atoms with Gasteiger partial charge in [-0.2, -0.15) is 18.4 Å². The maximum Gasteiger partial charge on any atom is 0.417 e. The zero-order valence-corrected chi connectivity index (χ0v) is 21.0.